The molecule has 25 heavy (non-hydrogen) atoms. The molecule has 0 aliphatic heterocycles. The molecule has 4 nitrogen and oxygen atoms in total. The fraction of sp³-hybridized carbons (Fsp3) is 0.810. The molecule has 0 saturated carbocycles. The lowest BCUT2D eigenvalue weighted by molar-refractivity contribution is -0.119. The van der Waals surface area contributed by atoms with Crippen molar-refractivity contribution in [3.05, 3.63) is 11.6 Å². The van der Waals surface area contributed by atoms with Crippen LogP contribution in [0.25, 0.3) is 0 Å². The molecule has 2 N–H and O–H groups in total. The molecule has 0 fully saturated rings. The molecule has 0 bridgehead atoms. The molecule has 0 amide bonds. The molecular formula is C21H40N2O2. The van der Waals surface area contributed by atoms with Gasteiger partial charge < -0.3 is 10.6 Å². The molecule has 146 valence electrons. The van der Waals surface area contributed by atoms with Crippen molar-refractivity contribution in [2.24, 2.45) is 0 Å². The minimum atomic E-state index is 0.322. The first kappa shape index (κ1) is 24.0. The van der Waals surface area contributed by atoms with E-state index >= 15 is 0 Å². The Balaban J connectivity index is 3.63. The number of Topliss-reactive ketones (excluding diaryl/α,β-unsaturated/α-hetero) is 2. The maximum absolute atomic E-state index is 11.8. The van der Waals surface area contributed by atoms with Crippen LogP contribution in [0.3, 0.4) is 0 Å². The normalized spacial score (nSPS) is 11.7. The van der Waals surface area contributed by atoms with E-state index in [1.54, 1.807) is 0 Å². The SMILES string of the molecule is CCCCNCCC(=O)CC/C=C(/C)CCC(=O)CCNCCCC. The van der Waals surface area contributed by atoms with E-state index in [1.807, 2.05) is 0 Å². The Hall–Kier alpha value is -1.00. The van der Waals surface area contributed by atoms with Gasteiger partial charge in [0, 0.05) is 38.8 Å². The van der Waals surface area contributed by atoms with Crippen LogP contribution < -0.4 is 10.6 Å². The van der Waals surface area contributed by atoms with E-state index in [-0.39, 0.29) is 0 Å². The minimum Gasteiger partial charge on any atom is -0.316 e. The van der Waals surface area contributed by atoms with Crippen LogP contribution in [0.2, 0.25) is 0 Å². The number of unbranched alkanes of at least 4 members (excludes halogenated alkanes) is 2. The van der Waals surface area contributed by atoms with Crippen LogP contribution in [-0.4, -0.2) is 37.7 Å². The zero-order valence-corrected chi connectivity index (χ0v) is 16.8. The monoisotopic (exact) mass is 352 g/mol. The number of hydrogen-bond donors (Lipinski definition) is 2. The van der Waals surface area contributed by atoms with Gasteiger partial charge >= 0.3 is 0 Å². The van der Waals surface area contributed by atoms with Gasteiger partial charge in [0.05, 0.1) is 0 Å². The third kappa shape index (κ3) is 17.6. The van der Waals surface area contributed by atoms with E-state index in [1.165, 1.54) is 31.3 Å². The third-order valence-electron chi connectivity index (χ3n) is 4.29. The molecule has 4 heteroatoms. The van der Waals surface area contributed by atoms with Crippen molar-refractivity contribution in [3.8, 4) is 0 Å². The van der Waals surface area contributed by atoms with Crippen LogP contribution in [0.15, 0.2) is 11.6 Å². The van der Waals surface area contributed by atoms with Gasteiger partial charge in [0.25, 0.3) is 0 Å². The predicted molar refractivity (Wildman–Crippen MR) is 107 cm³/mol. The highest BCUT2D eigenvalue weighted by molar-refractivity contribution is 5.79. The van der Waals surface area contributed by atoms with Crippen molar-refractivity contribution in [1.82, 2.24) is 10.6 Å². The van der Waals surface area contributed by atoms with Crippen molar-refractivity contribution in [3.63, 3.8) is 0 Å². The Kier molecular flexibility index (Phi) is 17.1. The highest BCUT2D eigenvalue weighted by Gasteiger charge is 2.03. The van der Waals surface area contributed by atoms with Crippen molar-refractivity contribution in [2.75, 3.05) is 26.2 Å². The number of hydrogen-bond acceptors (Lipinski definition) is 4. The Labute approximate surface area is 155 Å². The largest absolute Gasteiger partial charge is 0.316 e. The molecule has 0 heterocycles. The lowest BCUT2D eigenvalue weighted by Crippen LogP contribution is -2.19. The van der Waals surface area contributed by atoms with E-state index in [0.29, 0.717) is 37.2 Å². The lowest BCUT2D eigenvalue weighted by atomic mass is 10.0. The molecule has 0 aromatic carbocycles. The maximum Gasteiger partial charge on any atom is 0.134 e. The van der Waals surface area contributed by atoms with Gasteiger partial charge in [-0.15, -0.1) is 0 Å². The summed E-state index contributed by atoms with van der Waals surface area (Å²) in [5, 5.41) is 6.60. The standard InChI is InChI=1S/C21H40N2O2/c1-4-6-15-22-17-13-20(24)10-8-9-19(3)11-12-21(25)14-18-23-16-7-5-2/h9,22-23H,4-8,10-18H2,1-3H3/b19-9-. The summed E-state index contributed by atoms with van der Waals surface area (Å²) in [5.41, 5.74) is 1.22. The number of carbonyl (C=O) groups excluding carboxylic acids is 2. The molecule has 0 radical (unpaired) electrons. The van der Waals surface area contributed by atoms with Gasteiger partial charge in [-0.25, -0.2) is 0 Å². The summed E-state index contributed by atoms with van der Waals surface area (Å²) in [5.74, 6) is 0.647. The predicted octanol–water partition coefficient (Wildman–Crippen LogP) is 4.19. The molecule has 0 aromatic heterocycles. The van der Waals surface area contributed by atoms with Gasteiger partial charge in [0.1, 0.15) is 11.6 Å². The van der Waals surface area contributed by atoms with E-state index in [2.05, 4.69) is 37.5 Å². The molecule has 0 atom stereocenters. The Bertz CT molecular complexity index is 378. The van der Waals surface area contributed by atoms with E-state index in [0.717, 1.165) is 39.0 Å². The van der Waals surface area contributed by atoms with Crippen molar-refractivity contribution in [1.29, 1.82) is 0 Å². The summed E-state index contributed by atoms with van der Waals surface area (Å²) in [7, 11) is 0. The first-order valence-corrected chi connectivity index (χ1v) is 10.2. The quantitative estimate of drug-likeness (QED) is 0.287. The molecule has 0 aliphatic rings. The highest BCUT2D eigenvalue weighted by Crippen LogP contribution is 2.08. The van der Waals surface area contributed by atoms with Crippen LogP contribution in [0.5, 0.6) is 0 Å². The summed E-state index contributed by atoms with van der Waals surface area (Å²) in [6.45, 7) is 9.99. The fourth-order valence-corrected chi connectivity index (χ4v) is 2.48. The van der Waals surface area contributed by atoms with Crippen LogP contribution in [-0.2, 0) is 9.59 Å². The van der Waals surface area contributed by atoms with Crippen LogP contribution in [0.4, 0.5) is 0 Å². The van der Waals surface area contributed by atoms with Crippen molar-refractivity contribution >= 4 is 11.6 Å². The van der Waals surface area contributed by atoms with E-state index in [9.17, 15) is 9.59 Å². The summed E-state index contributed by atoms with van der Waals surface area (Å²) >= 11 is 0. The number of ketones is 2. The van der Waals surface area contributed by atoms with Crippen LogP contribution in [0.1, 0.15) is 85.0 Å². The zero-order valence-electron chi connectivity index (χ0n) is 16.8. The fourth-order valence-electron chi connectivity index (χ4n) is 2.48. The molecule has 0 aromatic rings. The summed E-state index contributed by atoms with van der Waals surface area (Å²) in [6.07, 6.45) is 10.9. The van der Waals surface area contributed by atoms with Crippen LogP contribution >= 0.6 is 0 Å². The van der Waals surface area contributed by atoms with E-state index in [4.69, 9.17) is 0 Å². The topological polar surface area (TPSA) is 58.2 Å². The molecule has 0 unspecified atom stereocenters. The number of rotatable bonds is 18. The Morgan fingerprint density at radius 2 is 1.24 bits per heavy atom. The first-order valence-electron chi connectivity index (χ1n) is 10.2. The average Bonchev–Trinajstić information content (AvgIpc) is 2.59. The molecule has 0 saturated heterocycles. The smallest absolute Gasteiger partial charge is 0.134 e. The molecular weight excluding hydrogens is 312 g/mol. The summed E-state index contributed by atoms with van der Waals surface area (Å²) in [4.78, 5) is 23.6. The van der Waals surface area contributed by atoms with Gasteiger partial charge in [-0.3, -0.25) is 9.59 Å². The van der Waals surface area contributed by atoms with E-state index < -0.39 is 0 Å². The van der Waals surface area contributed by atoms with Crippen molar-refractivity contribution in [2.45, 2.75) is 85.0 Å². The molecule has 0 rings (SSSR count). The van der Waals surface area contributed by atoms with Gasteiger partial charge in [-0.2, -0.15) is 0 Å². The van der Waals surface area contributed by atoms with Crippen molar-refractivity contribution < 1.29 is 9.59 Å². The van der Waals surface area contributed by atoms with Gasteiger partial charge in [-0.1, -0.05) is 38.3 Å². The van der Waals surface area contributed by atoms with Gasteiger partial charge in [0.2, 0.25) is 0 Å². The second-order valence-corrected chi connectivity index (χ2v) is 6.87. The van der Waals surface area contributed by atoms with Gasteiger partial charge in [0.15, 0.2) is 0 Å². The number of allylic oxidation sites excluding steroid dienone is 2. The Morgan fingerprint density at radius 3 is 1.76 bits per heavy atom. The second-order valence-electron chi connectivity index (χ2n) is 6.87. The highest BCUT2D eigenvalue weighted by atomic mass is 16.1. The zero-order chi connectivity index (χ0) is 18.8. The average molecular weight is 353 g/mol. The first-order chi connectivity index (χ1) is 12.1. The summed E-state index contributed by atoms with van der Waals surface area (Å²) in [6, 6.07) is 0. The maximum atomic E-state index is 11.8. The Morgan fingerprint density at radius 1 is 0.720 bits per heavy atom. The lowest BCUT2D eigenvalue weighted by Gasteiger charge is -2.05. The van der Waals surface area contributed by atoms with Gasteiger partial charge in [-0.05, 0) is 45.7 Å². The number of nitrogens with one attached hydrogen (secondary N) is 2. The minimum absolute atomic E-state index is 0.322. The summed E-state index contributed by atoms with van der Waals surface area (Å²) < 4.78 is 0. The number of carbonyl (C=O) groups is 2. The molecule has 0 aliphatic carbocycles. The second kappa shape index (κ2) is 17.8. The third-order valence-corrected chi connectivity index (χ3v) is 4.29. The molecule has 0 spiro atoms. The van der Waals surface area contributed by atoms with Crippen LogP contribution in [0, 0.1) is 0 Å².